The van der Waals surface area contributed by atoms with Crippen molar-refractivity contribution in [2.75, 3.05) is 0 Å². The van der Waals surface area contributed by atoms with Crippen molar-refractivity contribution in [1.29, 1.82) is 0 Å². The van der Waals surface area contributed by atoms with Crippen LogP contribution in [0.15, 0.2) is 41.3 Å². The fourth-order valence-corrected chi connectivity index (χ4v) is 2.47. The molecule has 0 N–H and O–H groups in total. The van der Waals surface area contributed by atoms with E-state index in [0.29, 0.717) is 0 Å². The zero-order valence-corrected chi connectivity index (χ0v) is 14.0. The molecule has 3 nitrogen and oxygen atoms in total. The van der Waals surface area contributed by atoms with E-state index >= 15 is 0 Å². The SMILES string of the molecule is CCCCc1ccc2ccc(S(=O)(=O)[O-])cc2c1.[Na+]. The molecule has 0 atom stereocenters. The van der Waals surface area contributed by atoms with Gasteiger partial charge in [-0.25, -0.2) is 8.42 Å². The maximum atomic E-state index is 11.0. The van der Waals surface area contributed by atoms with E-state index in [0.717, 1.165) is 30.0 Å². The van der Waals surface area contributed by atoms with Gasteiger partial charge in [-0.05, 0) is 41.3 Å². The second kappa shape index (κ2) is 6.86. The first kappa shape index (κ1) is 16.7. The molecule has 0 amide bonds. The van der Waals surface area contributed by atoms with Crippen molar-refractivity contribution < 1.29 is 42.5 Å². The normalized spacial score (nSPS) is 11.3. The summed E-state index contributed by atoms with van der Waals surface area (Å²) in [5.41, 5.74) is 1.17. The molecule has 0 aromatic heterocycles. The molecule has 0 bridgehead atoms. The Morgan fingerprint density at radius 3 is 2.37 bits per heavy atom. The maximum Gasteiger partial charge on any atom is 1.00 e. The predicted molar refractivity (Wildman–Crippen MR) is 70.5 cm³/mol. The number of fused-ring (bicyclic) bond motifs is 1. The van der Waals surface area contributed by atoms with Gasteiger partial charge >= 0.3 is 29.6 Å². The molecule has 2 aromatic rings. The molecule has 0 unspecified atom stereocenters. The van der Waals surface area contributed by atoms with Gasteiger partial charge in [-0.1, -0.05) is 37.6 Å². The summed E-state index contributed by atoms with van der Waals surface area (Å²) in [4.78, 5) is -0.164. The molecule has 0 radical (unpaired) electrons. The summed E-state index contributed by atoms with van der Waals surface area (Å²) in [6.45, 7) is 2.13. The average molecular weight is 286 g/mol. The largest absolute Gasteiger partial charge is 1.00 e. The van der Waals surface area contributed by atoms with Crippen LogP contribution in [0.25, 0.3) is 10.8 Å². The van der Waals surface area contributed by atoms with Crippen LogP contribution in [-0.4, -0.2) is 13.0 Å². The Bertz CT molecular complexity index is 665. The fourth-order valence-electron chi connectivity index (χ4n) is 1.97. The summed E-state index contributed by atoms with van der Waals surface area (Å²) in [6.07, 6.45) is 3.19. The number of hydrogen-bond acceptors (Lipinski definition) is 3. The van der Waals surface area contributed by atoms with Crippen molar-refractivity contribution in [2.24, 2.45) is 0 Å². The second-order valence-electron chi connectivity index (χ2n) is 4.40. The second-order valence-corrected chi connectivity index (χ2v) is 5.78. The molecule has 96 valence electrons. The van der Waals surface area contributed by atoms with Gasteiger partial charge < -0.3 is 4.55 Å². The summed E-state index contributed by atoms with van der Waals surface area (Å²) < 4.78 is 32.9. The molecule has 5 heteroatoms. The first-order valence-electron chi connectivity index (χ1n) is 5.99. The van der Waals surface area contributed by atoms with Gasteiger partial charge in [-0.15, -0.1) is 0 Å². The Hall–Kier alpha value is -0.390. The third-order valence-corrected chi connectivity index (χ3v) is 3.82. The summed E-state index contributed by atoms with van der Waals surface area (Å²) >= 11 is 0. The van der Waals surface area contributed by atoms with Crippen molar-refractivity contribution in [2.45, 2.75) is 31.1 Å². The quantitative estimate of drug-likeness (QED) is 0.591. The summed E-state index contributed by atoms with van der Waals surface area (Å²) in [7, 11) is -4.37. The van der Waals surface area contributed by atoms with Crippen molar-refractivity contribution in [1.82, 2.24) is 0 Å². The van der Waals surface area contributed by atoms with Crippen LogP contribution in [0.4, 0.5) is 0 Å². The van der Waals surface area contributed by atoms with Crippen molar-refractivity contribution in [3.63, 3.8) is 0 Å². The summed E-state index contributed by atoms with van der Waals surface area (Å²) in [5, 5.41) is 1.75. The Balaban J connectivity index is 0.00000180. The van der Waals surface area contributed by atoms with Crippen LogP contribution < -0.4 is 29.6 Å². The van der Waals surface area contributed by atoms with Crippen LogP contribution in [0.5, 0.6) is 0 Å². The van der Waals surface area contributed by atoms with Crippen LogP contribution in [0, 0.1) is 0 Å². The Morgan fingerprint density at radius 2 is 1.74 bits per heavy atom. The topological polar surface area (TPSA) is 57.2 Å². The maximum absolute atomic E-state index is 11.0. The van der Waals surface area contributed by atoms with Gasteiger partial charge in [-0.2, -0.15) is 0 Å². The smallest absolute Gasteiger partial charge is 0.744 e. The van der Waals surface area contributed by atoms with Gasteiger partial charge in [0.15, 0.2) is 0 Å². The third kappa shape index (κ3) is 4.29. The molecular formula is C14H15NaO3S. The van der Waals surface area contributed by atoms with Crippen LogP contribution in [-0.2, 0) is 16.5 Å². The molecule has 0 aliphatic carbocycles. The summed E-state index contributed by atoms with van der Waals surface area (Å²) in [6, 6.07) is 10.4. The number of aryl methyl sites for hydroxylation is 1. The summed E-state index contributed by atoms with van der Waals surface area (Å²) in [5.74, 6) is 0. The molecule has 0 heterocycles. The van der Waals surface area contributed by atoms with Crippen molar-refractivity contribution >= 4 is 20.9 Å². The van der Waals surface area contributed by atoms with Crippen LogP contribution in [0.2, 0.25) is 0 Å². The molecule has 0 aliphatic heterocycles. The number of benzene rings is 2. The minimum absolute atomic E-state index is 0. The Morgan fingerprint density at radius 1 is 1.05 bits per heavy atom. The van der Waals surface area contributed by atoms with E-state index in [9.17, 15) is 13.0 Å². The molecule has 2 aromatic carbocycles. The minimum atomic E-state index is -4.37. The zero-order chi connectivity index (χ0) is 13.2. The van der Waals surface area contributed by atoms with Crippen LogP contribution in [0.3, 0.4) is 0 Å². The predicted octanol–water partition coefficient (Wildman–Crippen LogP) is 0.0905. The van der Waals surface area contributed by atoms with Crippen molar-refractivity contribution in [3.05, 3.63) is 42.0 Å². The molecule has 0 saturated heterocycles. The zero-order valence-electron chi connectivity index (χ0n) is 11.2. The molecular weight excluding hydrogens is 271 g/mol. The van der Waals surface area contributed by atoms with E-state index in [1.807, 2.05) is 18.2 Å². The molecule has 0 saturated carbocycles. The number of hydrogen-bond donors (Lipinski definition) is 0. The minimum Gasteiger partial charge on any atom is -0.744 e. The number of unbranched alkanes of at least 4 members (excludes halogenated alkanes) is 1. The van der Waals surface area contributed by atoms with E-state index in [1.165, 1.54) is 17.7 Å². The molecule has 0 fully saturated rings. The van der Waals surface area contributed by atoms with Gasteiger partial charge in [-0.3, -0.25) is 0 Å². The molecule has 0 aliphatic rings. The average Bonchev–Trinajstić information content (AvgIpc) is 2.34. The molecule has 0 spiro atoms. The molecule has 2 rings (SSSR count). The first-order valence-corrected chi connectivity index (χ1v) is 7.40. The molecule has 19 heavy (non-hydrogen) atoms. The van der Waals surface area contributed by atoms with Gasteiger partial charge in [0, 0.05) is 0 Å². The number of rotatable bonds is 4. The van der Waals surface area contributed by atoms with Gasteiger partial charge in [0.25, 0.3) is 0 Å². The van der Waals surface area contributed by atoms with E-state index in [1.54, 1.807) is 6.07 Å². The van der Waals surface area contributed by atoms with E-state index in [4.69, 9.17) is 0 Å². The van der Waals surface area contributed by atoms with E-state index in [2.05, 4.69) is 6.92 Å². The van der Waals surface area contributed by atoms with Crippen LogP contribution in [0.1, 0.15) is 25.3 Å². The standard InChI is InChI=1S/C14H16O3S.Na/c1-2-3-4-11-5-6-12-7-8-14(18(15,16)17)10-13(12)9-11;/h5-10H,2-4H2,1H3,(H,15,16,17);/q;+1/p-1. The van der Waals surface area contributed by atoms with E-state index in [-0.39, 0.29) is 34.5 Å². The first-order chi connectivity index (χ1) is 8.50. The Kier molecular flexibility index (Phi) is 6.02. The Labute approximate surface area is 136 Å². The van der Waals surface area contributed by atoms with Gasteiger partial charge in [0.2, 0.25) is 0 Å². The van der Waals surface area contributed by atoms with Crippen LogP contribution >= 0.6 is 0 Å². The third-order valence-electron chi connectivity index (χ3n) is 2.98. The fraction of sp³-hybridized carbons (Fsp3) is 0.286. The van der Waals surface area contributed by atoms with Gasteiger partial charge in [0.1, 0.15) is 10.1 Å². The van der Waals surface area contributed by atoms with Gasteiger partial charge in [0.05, 0.1) is 4.90 Å². The van der Waals surface area contributed by atoms with Crippen molar-refractivity contribution in [3.8, 4) is 0 Å². The van der Waals surface area contributed by atoms with E-state index < -0.39 is 10.1 Å². The monoisotopic (exact) mass is 286 g/mol.